The lowest BCUT2D eigenvalue weighted by Crippen LogP contribution is -2.31. The number of aromatic nitrogens is 3. The molecule has 1 amide bonds. The van der Waals surface area contributed by atoms with Crippen LogP contribution in [-0.4, -0.2) is 58.2 Å². The summed E-state index contributed by atoms with van der Waals surface area (Å²) < 4.78 is 19.4. The second kappa shape index (κ2) is 13.8. The molecule has 0 fully saturated rings. The molecule has 1 heterocycles. The van der Waals surface area contributed by atoms with Crippen LogP contribution in [0.1, 0.15) is 92.5 Å². The average Bonchev–Trinajstić information content (AvgIpc) is 3.05. The van der Waals surface area contributed by atoms with Crippen molar-refractivity contribution in [3.8, 4) is 0 Å². The number of rotatable bonds is 9. The Kier molecular flexibility index (Phi) is 12.2. The summed E-state index contributed by atoms with van der Waals surface area (Å²) in [5.74, 6) is 0. The van der Waals surface area contributed by atoms with E-state index in [4.69, 9.17) is 14.2 Å². The van der Waals surface area contributed by atoms with Gasteiger partial charge in [0.2, 0.25) is 0 Å². The number of ether oxygens (including phenoxy) is 3. The van der Waals surface area contributed by atoms with Crippen LogP contribution >= 0.6 is 0 Å². The van der Waals surface area contributed by atoms with Gasteiger partial charge < -0.3 is 19.5 Å². The Morgan fingerprint density at radius 1 is 1.09 bits per heavy atom. The van der Waals surface area contributed by atoms with E-state index in [0.29, 0.717) is 26.3 Å². The van der Waals surface area contributed by atoms with E-state index in [1.807, 2.05) is 25.5 Å². The van der Waals surface area contributed by atoms with Crippen molar-refractivity contribution in [3.05, 3.63) is 11.4 Å². The van der Waals surface area contributed by atoms with Crippen molar-refractivity contribution in [2.24, 2.45) is 0 Å². The summed E-state index contributed by atoms with van der Waals surface area (Å²) in [6.45, 7) is 18.8. The van der Waals surface area contributed by atoms with Crippen LogP contribution in [0.25, 0.3) is 0 Å². The largest absolute Gasteiger partial charge is 0.446 e. The van der Waals surface area contributed by atoms with E-state index in [2.05, 4.69) is 50.2 Å². The molecule has 1 unspecified atom stereocenters. The number of carbonyl (C=O) groups is 1. The first-order chi connectivity index (χ1) is 15.1. The minimum Gasteiger partial charge on any atom is -0.446 e. The third kappa shape index (κ3) is 10.8. The molecule has 8 nitrogen and oxygen atoms in total. The van der Waals surface area contributed by atoms with E-state index in [9.17, 15) is 4.79 Å². The van der Waals surface area contributed by atoms with Crippen molar-refractivity contribution in [2.75, 3.05) is 19.8 Å². The number of nitrogens with one attached hydrogen (secondary N) is 1. The predicted octanol–water partition coefficient (Wildman–Crippen LogP) is 4.69. The average molecular weight is 455 g/mol. The summed E-state index contributed by atoms with van der Waals surface area (Å²) in [7, 11) is 0. The van der Waals surface area contributed by atoms with Crippen LogP contribution in [0.4, 0.5) is 4.79 Å². The fourth-order valence-corrected chi connectivity index (χ4v) is 3.49. The third-order valence-electron chi connectivity index (χ3n) is 5.19. The van der Waals surface area contributed by atoms with Gasteiger partial charge in [-0.1, -0.05) is 19.1 Å². The lowest BCUT2D eigenvalue weighted by Gasteiger charge is -2.28. The number of fused-ring (bicyclic) bond motifs is 1. The molecule has 0 saturated heterocycles. The first kappa shape index (κ1) is 28.4. The van der Waals surface area contributed by atoms with Gasteiger partial charge >= 0.3 is 6.09 Å². The van der Waals surface area contributed by atoms with Gasteiger partial charge in [0, 0.05) is 13.2 Å². The zero-order valence-electron chi connectivity index (χ0n) is 21.6. The first-order valence-electron chi connectivity index (χ1n) is 12.2. The maximum Gasteiger partial charge on any atom is 0.407 e. The summed E-state index contributed by atoms with van der Waals surface area (Å²) in [4.78, 5) is 11.7. The topological polar surface area (TPSA) is 87.5 Å². The lowest BCUT2D eigenvalue weighted by atomic mass is 9.99. The van der Waals surface area contributed by atoms with Crippen LogP contribution < -0.4 is 5.32 Å². The monoisotopic (exact) mass is 454 g/mol. The Morgan fingerprint density at radius 2 is 1.81 bits per heavy atom. The van der Waals surface area contributed by atoms with Gasteiger partial charge in [0.05, 0.1) is 35.7 Å². The number of alkyl carbamates (subject to hydrolysis) is 1. The van der Waals surface area contributed by atoms with E-state index < -0.39 is 0 Å². The van der Waals surface area contributed by atoms with Crippen molar-refractivity contribution < 1.29 is 19.0 Å². The molecular weight excluding hydrogens is 408 g/mol. The molecule has 1 aromatic heterocycles. The van der Waals surface area contributed by atoms with Crippen molar-refractivity contribution >= 4 is 6.09 Å². The molecule has 0 spiro atoms. The first-order valence-corrected chi connectivity index (χ1v) is 12.2. The van der Waals surface area contributed by atoms with Crippen LogP contribution in [-0.2, 0) is 33.6 Å². The van der Waals surface area contributed by atoms with Crippen LogP contribution in [0.5, 0.6) is 0 Å². The highest BCUT2D eigenvalue weighted by Crippen LogP contribution is 2.21. The highest BCUT2D eigenvalue weighted by Gasteiger charge is 2.23. The van der Waals surface area contributed by atoms with Gasteiger partial charge in [-0.2, -0.15) is 0 Å². The number of aryl methyl sites for hydroxylation is 1. The maximum absolute atomic E-state index is 11.7. The van der Waals surface area contributed by atoms with E-state index in [1.54, 1.807) is 0 Å². The van der Waals surface area contributed by atoms with Crippen molar-refractivity contribution in [2.45, 2.75) is 118 Å². The van der Waals surface area contributed by atoms with Gasteiger partial charge in [0.1, 0.15) is 6.10 Å². The van der Waals surface area contributed by atoms with Crippen LogP contribution in [0.2, 0.25) is 0 Å². The van der Waals surface area contributed by atoms with E-state index in [-0.39, 0.29) is 23.4 Å². The zero-order chi connectivity index (χ0) is 24.2. The molecule has 0 saturated carbocycles. The number of hydrogen-bond acceptors (Lipinski definition) is 6. The van der Waals surface area contributed by atoms with E-state index in [1.165, 1.54) is 5.69 Å². The van der Waals surface area contributed by atoms with Gasteiger partial charge in [0.15, 0.2) is 0 Å². The Labute approximate surface area is 194 Å². The fraction of sp³-hybridized carbons (Fsp3) is 0.875. The minimum absolute atomic E-state index is 0.0608. The van der Waals surface area contributed by atoms with Gasteiger partial charge in [-0.05, 0) is 80.1 Å². The highest BCUT2D eigenvalue weighted by molar-refractivity contribution is 5.67. The van der Waals surface area contributed by atoms with Crippen molar-refractivity contribution in [1.29, 1.82) is 0 Å². The summed E-state index contributed by atoms with van der Waals surface area (Å²) in [6.07, 6.45) is 4.69. The fourth-order valence-electron chi connectivity index (χ4n) is 3.49. The predicted molar refractivity (Wildman–Crippen MR) is 127 cm³/mol. The third-order valence-corrected chi connectivity index (χ3v) is 5.19. The molecule has 32 heavy (non-hydrogen) atoms. The van der Waals surface area contributed by atoms with E-state index in [0.717, 1.165) is 44.2 Å². The van der Waals surface area contributed by atoms with Gasteiger partial charge in [-0.25, -0.2) is 9.48 Å². The molecular formula is C24H46N4O4. The highest BCUT2D eigenvalue weighted by atomic mass is 16.6. The molecule has 1 aromatic rings. The molecule has 0 radical (unpaired) electrons. The molecule has 1 atom stereocenters. The normalized spacial score (nSPS) is 16.8. The van der Waals surface area contributed by atoms with Gasteiger partial charge in [-0.3, -0.25) is 0 Å². The van der Waals surface area contributed by atoms with Crippen molar-refractivity contribution in [3.63, 3.8) is 0 Å². The Bertz CT molecular complexity index is 667. The van der Waals surface area contributed by atoms with Gasteiger partial charge in [0.25, 0.3) is 0 Å². The Balaban J connectivity index is 0.00000249. The summed E-state index contributed by atoms with van der Waals surface area (Å²) >= 11 is 0. The summed E-state index contributed by atoms with van der Waals surface area (Å²) in [5, 5.41) is 11.4. The number of carbonyl (C=O) groups excluding carboxylic acids is 1. The molecule has 1 aliphatic carbocycles. The maximum atomic E-state index is 11.7. The minimum atomic E-state index is -0.334. The second-order valence-electron chi connectivity index (χ2n) is 9.51. The zero-order valence-corrected chi connectivity index (χ0v) is 21.6. The number of amides is 1. The second-order valence-corrected chi connectivity index (χ2v) is 9.51. The van der Waals surface area contributed by atoms with E-state index >= 15 is 0 Å². The molecule has 186 valence electrons. The van der Waals surface area contributed by atoms with Crippen LogP contribution in [0.15, 0.2) is 0 Å². The SMILES string of the molecule is CC.CCNC(=O)OC1CCCc2c(nnn2CCOC(C)(C)CCOC(C)(C)C)CC1. The quantitative estimate of drug-likeness (QED) is 0.582. The lowest BCUT2D eigenvalue weighted by molar-refractivity contribution is -0.0687. The molecule has 1 N–H and O–H groups in total. The molecule has 0 aromatic carbocycles. The molecule has 0 aliphatic heterocycles. The molecule has 8 heteroatoms. The van der Waals surface area contributed by atoms with Crippen LogP contribution in [0.3, 0.4) is 0 Å². The van der Waals surface area contributed by atoms with Gasteiger partial charge in [-0.15, -0.1) is 5.10 Å². The number of nitrogens with zero attached hydrogens (tertiary/aromatic N) is 3. The molecule has 0 bridgehead atoms. The molecule has 1 aliphatic rings. The standard InChI is InChI=1S/C22H40N4O4.C2H6/c1-7-23-20(27)30-17-9-8-10-19-18(12-11-17)24-25-26(19)14-16-29-22(5,6)13-15-28-21(2,3)4;1-2/h17H,7-16H2,1-6H3,(H,23,27);1-2H3. The smallest absolute Gasteiger partial charge is 0.407 e. The van der Waals surface area contributed by atoms with Crippen LogP contribution in [0, 0.1) is 0 Å². The Morgan fingerprint density at radius 3 is 2.47 bits per heavy atom. The van der Waals surface area contributed by atoms with Crippen molar-refractivity contribution in [1.82, 2.24) is 20.3 Å². The Hall–Kier alpha value is -1.67. The summed E-state index contributed by atoms with van der Waals surface area (Å²) in [6, 6.07) is 0. The number of hydrogen-bond donors (Lipinski definition) is 1. The molecule has 2 rings (SSSR count). The summed E-state index contributed by atoms with van der Waals surface area (Å²) in [5.41, 5.74) is 1.82.